The van der Waals surface area contributed by atoms with Crippen molar-refractivity contribution >= 4 is 33.9 Å². The molecule has 0 aliphatic heterocycles. The number of fused-ring (bicyclic) bond motifs is 1. The molecule has 0 aliphatic carbocycles. The van der Waals surface area contributed by atoms with Crippen LogP contribution in [-0.2, 0) is 6.42 Å². The molecule has 0 unspecified atom stereocenters. The molecule has 18 heavy (non-hydrogen) atoms. The van der Waals surface area contributed by atoms with Crippen LogP contribution in [0.15, 0.2) is 57.8 Å². The van der Waals surface area contributed by atoms with Gasteiger partial charge in [-0.3, -0.25) is 0 Å². The van der Waals surface area contributed by atoms with Crippen molar-refractivity contribution in [3.63, 3.8) is 0 Å². The normalized spacial score (nSPS) is 10.9. The Kier molecular flexibility index (Phi) is 3.35. The molecule has 2 aromatic carbocycles. The van der Waals surface area contributed by atoms with Crippen molar-refractivity contribution in [3.8, 4) is 0 Å². The summed E-state index contributed by atoms with van der Waals surface area (Å²) in [5.41, 5.74) is 0. The average molecular weight is 271 g/mol. The Morgan fingerprint density at radius 1 is 1.11 bits per heavy atom. The third-order valence-electron chi connectivity index (χ3n) is 2.79. The average Bonchev–Trinajstić information content (AvgIpc) is 2.87. The fraction of sp³-hybridized carbons (Fsp3) is 0.133. The van der Waals surface area contributed by atoms with Gasteiger partial charge in [-0.25, -0.2) is 4.98 Å². The quantitative estimate of drug-likeness (QED) is 0.664. The van der Waals surface area contributed by atoms with E-state index in [1.807, 2.05) is 18.0 Å². The lowest BCUT2D eigenvalue weighted by atomic mass is 10.1. The molecule has 1 nitrogen and oxygen atoms in total. The number of aromatic nitrogens is 1. The van der Waals surface area contributed by atoms with E-state index in [2.05, 4.69) is 54.4 Å². The molecule has 90 valence electrons. The predicted octanol–water partition coefficient (Wildman–Crippen LogP) is 5.01. The standard InChI is InChI=1S/C15H13NS2/c1-2-14-16-10-15(18-14)17-13-9-5-7-11-6-3-4-8-12(11)13/h3-10H,2H2,1H3. The summed E-state index contributed by atoms with van der Waals surface area (Å²) in [6, 6.07) is 15.0. The first-order valence-electron chi connectivity index (χ1n) is 5.97. The maximum Gasteiger partial charge on any atom is 0.0934 e. The molecule has 0 spiro atoms. The van der Waals surface area contributed by atoms with E-state index >= 15 is 0 Å². The lowest BCUT2D eigenvalue weighted by Gasteiger charge is -2.03. The molecule has 1 heterocycles. The molecule has 0 atom stereocenters. The Hall–Kier alpha value is -1.32. The minimum absolute atomic E-state index is 1.01. The Labute approximate surface area is 115 Å². The van der Waals surface area contributed by atoms with Crippen molar-refractivity contribution in [1.29, 1.82) is 0 Å². The first-order valence-corrected chi connectivity index (χ1v) is 7.60. The molecule has 3 aromatic rings. The van der Waals surface area contributed by atoms with Crippen LogP contribution in [0.1, 0.15) is 11.9 Å². The van der Waals surface area contributed by atoms with Gasteiger partial charge in [0.25, 0.3) is 0 Å². The van der Waals surface area contributed by atoms with Crippen LogP contribution < -0.4 is 0 Å². The number of aryl methyl sites for hydroxylation is 1. The molecular formula is C15H13NS2. The minimum Gasteiger partial charge on any atom is -0.248 e. The molecule has 3 rings (SSSR count). The predicted molar refractivity (Wildman–Crippen MR) is 79.6 cm³/mol. The van der Waals surface area contributed by atoms with E-state index in [4.69, 9.17) is 0 Å². The Balaban J connectivity index is 1.99. The molecule has 0 aliphatic rings. The topological polar surface area (TPSA) is 12.9 Å². The van der Waals surface area contributed by atoms with Gasteiger partial charge in [0, 0.05) is 4.90 Å². The fourth-order valence-electron chi connectivity index (χ4n) is 1.90. The van der Waals surface area contributed by atoms with Gasteiger partial charge in [-0.15, -0.1) is 11.3 Å². The van der Waals surface area contributed by atoms with E-state index < -0.39 is 0 Å². The lowest BCUT2D eigenvalue weighted by molar-refractivity contribution is 1.09. The zero-order valence-corrected chi connectivity index (χ0v) is 11.7. The monoisotopic (exact) mass is 271 g/mol. The van der Waals surface area contributed by atoms with E-state index in [1.165, 1.54) is 24.9 Å². The Bertz CT molecular complexity index is 668. The van der Waals surface area contributed by atoms with E-state index in [1.54, 1.807) is 11.3 Å². The van der Waals surface area contributed by atoms with Gasteiger partial charge < -0.3 is 0 Å². The molecular weight excluding hydrogens is 258 g/mol. The SMILES string of the molecule is CCc1ncc(Sc2cccc3ccccc23)s1. The largest absolute Gasteiger partial charge is 0.248 e. The van der Waals surface area contributed by atoms with Crippen molar-refractivity contribution < 1.29 is 0 Å². The van der Waals surface area contributed by atoms with Gasteiger partial charge in [0.1, 0.15) is 0 Å². The number of hydrogen-bond donors (Lipinski definition) is 0. The summed E-state index contributed by atoms with van der Waals surface area (Å²) in [6.07, 6.45) is 3.00. The summed E-state index contributed by atoms with van der Waals surface area (Å²) >= 11 is 3.60. The van der Waals surface area contributed by atoms with Crippen LogP contribution in [0.3, 0.4) is 0 Å². The van der Waals surface area contributed by atoms with Gasteiger partial charge in [-0.05, 0) is 23.3 Å². The molecule has 0 radical (unpaired) electrons. The van der Waals surface area contributed by atoms with Crippen molar-refractivity contribution in [1.82, 2.24) is 4.98 Å². The van der Waals surface area contributed by atoms with Crippen LogP contribution in [0, 0.1) is 0 Å². The number of benzene rings is 2. The third-order valence-corrected chi connectivity index (χ3v) is 5.11. The summed E-state index contributed by atoms with van der Waals surface area (Å²) in [4.78, 5) is 5.71. The highest BCUT2D eigenvalue weighted by atomic mass is 32.2. The van der Waals surface area contributed by atoms with Gasteiger partial charge in [-0.1, -0.05) is 55.1 Å². The molecule has 0 bridgehead atoms. The van der Waals surface area contributed by atoms with Crippen molar-refractivity contribution in [2.45, 2.75) is 22.4 Å². The molecule has 3 heteroatoms. The summed E-state index contributed by atoms with van der Waals surface area (Å²) < 4.78 is 1.27. The Morgan fingerprint density at radius 2 is 1.94 bits per heavy atom. The van der Waals surface area contributed by atoms with Crippen LogP contribution in [0.4, 0.5) is 0 Å². The highest BCUT2D eigenvalue weighted by Crippen LogP contribution is 2.36. The number of nitrogens with zero attached hydrogens (tertiary/aromatic N) is 1. The summed E-state index contributed by atoms with van der Waals surface area (Å²) in [5, 5.41) is 3.82. The maximum absolute atomic E-state index is 4.41. The minimum atomic E-state index is 1.01. The van der Waals surface area contributed by atoms with Gasteiger partial charge in [0.2, 0.25) is 0 Å². The summed E-state index contributed by atoms with van der Waals surface area (Å²) in [7, 11) is 0. The molecule has 0 saturated carbocycles. The van der Waals surface area contributed by atoms with E-state index in [0.29, 0.717) is 0 Å². The van der Waals surface area contributed by atoms with Gasteiger partial charge in [0.15, 0.2) is 0 Å². The molecule has 1 aromatic heterocycles. The molecule has 0 fully saturated rings. The van der Waals surface area contributed by atoms with Crippen LogP contribution >= 0.6 is 23.1 Å². The summed E-state index contributed by atoms with van der Waals surface area (Å²) in [5.74, 6) is 0. The number of hydrogen-bond acceptors (Lipinski definition) is 3. The van der Waals surface area contributed by atoms with Crippen LogP contribution in [-0.4, -0.2) is 4.98 Å². The van der Waals surface area contributed by atoms with E-state index in [0.717, 1.165) is 6.42 Å². The zero-order chi connectivity index (χ0) is 12.4. The van der Waals surface area contributed by atoms with Gasteiger partial charge >= 0.3 is 0 Å². The second kappa shape index (κ2) is 5.12. The lowest BCUT2D eigenvalue weighted by Crippen LogP contribution is -1.75. The smallest absolute Gasteiger partial charge is 0.0934 e. The second-order valence-corrected chi connectivity index (χ2v) is 6.46. The maximum atomic E-state index is 4.41. The van der Waals surface area contributed by atoms with Crippen molar-refractivity contribution in [2.24, 2.45) is 0 Å². The highest BCUT2D eigenvalue weighted by Gasteiger charge is 2.05. The van der Waals surface area contributed by atoms with Crippen molar-refractivity contribution in [3.05, 3.63) is 53.7 Å². The Morgan fingerprint density at radius 3 is 2.78 bits per heavy atom. The van der Waals surface area contributed by atoms with E-state index in [-0.39, 0.29) is 0 Å². The zero-order valence-electron chi connectivity index (χ0n) is 10.1. The number of rotatable bonds is 3. The van der Waals surface area contributed by atoms with Gasteiger partial charge in [-0.2, -0.15) is 0 Å². The van der Waals surface area contributed by atoms with E-state index in [9.17, 15) is 0 Å². The van der Waals surface area contributed by atoms with Crippen LogP contribution in [0.25, 0.3) is 10.8 Å². The van der Waals surface area contributed by atoms with Crippen LogP contribution in [0.5, 0.6) is 0 Å². The first-order chi connectivity index (χ1) is 8.86. The fourth-order valence-corrected chi connectivity index (χ4v) is 3.97. The second-order valence-electron chi connectivity index (χ2n) is 4.01. The molecule has 0 saturated heterocycles. The van der Waals surface area contributed by atoms with Crippen LogP contribution in [0.2, 0.25) is 0 Å². The first kappa shape index (κ1) is 11.8. The van der Waals surface area contributed by atoms with Gasteiger partial charge in [0.05, 0.1) is 15.4 Å². The highest BCUT2D eigenvalue weighted by molar-refractivity contribution is 8.01. The third kappa shape index (κ3) is 2.28. The van der Waals surface area contributed by atoms with Crippen molar-refractivity contribution in [2.75, 3.05) is 0 Å². The molecule has 0 N–H and O–H groups in total. The molecule has 0 amide bonds. The number of thiazole rings is 1. The summed E-state index contributed by atoms with van der Waals surface area (Å²) in [6.45, 7) is 2.14.